The van der Waals surface area contributed by atoms with Crippen LogP contribution >= 0.6 is 0 Å². The number of nitrogens with zero attached hydrogens (tertiary/aromatic N) is 2. The average Bonchev–Trinajstić information content (AvgIpc) is 2.60. The second kappa shape index (κ2) is 8.16. The Kier molecular flexibility index (Phi) is 6.42. The van der Waals surface area contributed by atoms with E-state index in [2.05, 4.69) is 16.5 Å². The van der Waals surface area contributed by atoms with Crippen molar-refractivity contribution in [2.45, 2.75) is 31.7 Å². The fourth-order valence-corrected chi connectivity index (χ4v) is 4.21. The number of likely N-dealkylation sites (N-methyl/N-ethyl adjacent to an activating group) is 1. The van der Waals surface area contributed by atoms with E-state index in [1.165, 1.54) is 13.2 Å². The summed E-state index contributed by atoms with van der Waals surface area (Å²) in [6.07, 6.45) is 0. The lowest BCUT2D eigenvalue weighted by Crippen LogP contribution is -2.54. The first kappa shape index (κ1) is 19.7. The molecule has 1 aliphatic rings. The molecule has 0 saturated carbocycles. The molecular weight excluding hydrogens is 342 g/mol. The minimum Gasteiger partial charge on any atom is -0.496 e. The van der Waals surface area contributed by atoms with Gasteiger partial charge in [-0.1, -0.05) is 6.92 Å². The lowest BCUT2D eigenvalue weighted by Gasteiger charge is -2.35. The second-order valence-corrected chi connectivity index (χ2v) is 7.95. The lowest BCUT2D eigenvalue weighted by atomic mass is 10.2. The second-order valence-electron chi connectivity index (χ2n) is 6.23. The Bertz CT molecular complexity index is 713. The van der Waals surface area contributed by atoms with E-state index in [1.807, 2.05) is 0 Å². The molecule has 1 aromatic carbocycles. The standard InChI is InChI=1S/C17H27N3O4S/c1-5-19-8-10-20(11-9-19)17(21)14(3)18-25(22,23)15-6-7-16(24-4)13(2)12-15/h6-7,12,14,18H,5,8-11H2,1-4H3. The maximum atomic E-state index is 12.5. The van der Waals surface area contributed by atoms with E-state index in [-0.39, 0.29) is 10.8 Å². The van der Waals surface area contributed by atoms with Crippen molar-refractivity contribution in [2.75, 3.05) is 39.8 Å². The Morgan fingerprint density at radius 1 is 1.28 bits per heavy atom. The van der Waals surface area contributed by atoms with Gasteiger partial charge in [0.2, 0.25) is 15.9 Å². The molecule has 0 bridgehead atoms. The number of nitrogens with one attached hydrogen (secondary N) is 1. The molecule has 0 aliphatic carbocycles. The zero-order valence-electron chi connectivity index (χ0n) is 15.3. The highest BCUT2D eigenvalue weighted by atomic mass is 32.2. The minimum atomic E-state index is -3.77. The van der Waals surface area contributed by atoms with E-state index in [0.29, 0.717) is 18.8 Å². The first-order valence-corrected chi connectivity index (χ1v) is 9.95. The molecule has 1 heterocycles. The quantitative estimate of drug-likeness (QED) is 0.804. The van der Waals surface area contributed by atoms with Crippen LogP contribution in [0.5, 0.6) is 5.75 Å². The molecule has 1 saturated heterocycles. The molecular formula is C17H27N3O4S. The predicted molar refractivity (Wildman–Crippen MR) is 96.2 cm³/mol. The predicted octanol–water partition coefficient (Wildman–Crippen LogP) is 0.835. The van der Waals surface area contributed by atoms with Gasteiger partial charge in [0, 0.05) is 26.2 Å². The van der Waals surface area contributed by atoms with Gasteiger partial charge in [0.25, 0.3) is 0 Å². The molecule has 0 aromatic heterocycles. The zero-order chi connectivity index (χ0) is 18.6. The molecule has 1 unspecified atom stereocenters. The van der Waals surface area contributed by atoms with Crippen molar-refractivity contribution in [1.82, 2.24) is 14.5 Å². The van der Waals surface area contributed by atoms with Crippen molar-refractivity contribution in [1.29, 1.82) is 0 Å². The van der Waals surface area contributed by atoms with Gasteiger partial charge in [-0.05, 0) is 44.2 Å². The molecule has 1 aromatic rings. The number of hydrogen-bond donors (Lipinski definition) is 1. The van der Waals surface area contributed by atoms with Crippen LogP contribution in [0.3, 0.4) is 0 Å². The van der Waals surface area contributed by atoms with Crippen molar-refractivity contribution >= 4 is 15.9 Å². The highest BCUT2D eigenvalue weighted by molar-refractivity contribution is 7.89. The van der Waals surface area contributed by atoms with Crippen LogP contribution in [-0.2, 0) is 14.8 Å². The van der Waals surface area contributed by atoms with E-state index >= 15 is 0 Å². The number of amides is 1. The Hall–Kier alpha value is -1.64. The van der Waals surface area contributed by atoms with E-state index < -0.39 is 16.1 Å². The van der Waals surface area contributed by atoms with Gasteiger partial charge in [0.05, 0.1) is 18.0 Å². The van der Waals surface area contributed by atoms with Gasteiger partial charge < -0.3 is 14.5 Å². The third-order valence-corrected chi connectivity index (χ3v) is 6.05. The third-order valence-electron chi connectivity index (χ3n) is 4.51. The number of sulfonamides is 1. The fraction of sp³-hybridized carbons (Fsp3) is 0.588. The fourth-order valence-electron chi connectivity index (χ4n) is 2.93. The summed E-state index contributed by atoms with van der Waals surface area (Å²) in [4.78, 5) is 16.6. The summed E-state index contributed by atoms with van der Waals surface area (Å²) in [6, 6.07) is 3.82. The Morgan fingerprint density at radius 2 is 1.92 bits per heavy atom. The molecule has 1 atom stereocenters. The van der Waals surface area contributed by atoms with Crippen LogP contribution in [0.15, 0.2) is 23.1 Å². The normalized spacial score (nSPS) is 17.4. The van der Waals surface area contributed by atoms with Crippen molar-refractivity contribution in [2.24, 2.45) is 0 Å². The maximum absolute atomic E-state index is 12.5. The van der Waals surface area contributed by atoms with Crippen molar-refractivity contribution < 1.29 is 17.9 Å². The number of rotatable bonds is 6. The SMILES string of the molecule is CCN1CCN(C(=O)C(C)NS(=O)(=O)c2ccc(OC)c(C)c2)CC1. The summed E-state index contributed by atoms with van der Waals surface area (Å²) >= 11 is 0. The molecule has 1 fully saturated rings. The van der Waals surface area contributed by atoms with Crippen LogP contribution in [0, 0.1) is 6.92 Å². The minimum absolute atomic E-state index is 0.126. The molecule has 0 spiro atoms. The molecule has 1 aliphatic heterocycles. The van der Waals surface area contributed by atoms with E-state index in [9.17, 15) is 13.2 Å². The summed E-state index contributed by atoms with van der Waals surface area (Å²) < 4.78 is 32.7. The lowest BCUT2D eigenvalue weighted by molar-refractivity contribution is -0.134. The van der Waals surface area contributed by atoms with Crippen LogP contribution in [-0.4, -0.2) is 70.0 Å². The molecule has 1 N–H and O–H groups in total. The molecule has 2 rings (SSSR count). The zero-order valence-corrected chi connectivity index (χ0v) is 16.1. The Labute approximate surface area is 150 Å². The van der Waals surface area contributed by atoms with Crippen molar-refractivity contribution in [3.63, 3.8) is 0 Å². The van der Waals surface area contributed by atoms with E-state index in [0.717, 1.165) is 25.2 Å². The smallest absolute Gasteiger partial charge is 0.241 e. The van der Waals surface area contributed by atoms with E-state index in [1.54, 1.807) is 30.9 Å². The van der Waals surface area contributed by atoms with Crippen molar-refractivity contribution in [3.8, 4) is 5.75 Å². The highest BCUT2D eigenvalue weighted by Crippen LogP contribution is 2.21. The van der Waals surface area contributed by atoms with Crippen LogP contribution in [0.25, 0.3) is 0 Å². The summed E-state index contributed by atoms with van der Waals surface area (Å²) in [5.74, 6) is 0.432. The summed E-state index contributed by atoms with van der Waals surface area (Å²) in [5, 5.41) is 0. The molecule has 0 radical (unpaired) electrons. The maximum Gasteiger partial charge on any atom is 0.241 e. The average molecular weight is 369 g/mol. The number of hydrogen-bond acceptors (Lipinski definition) is 5. The molecule has 140 valence electrons. The first-order valence-electron chi connectivity index (χ1n) is 8.46. The number of carbonyl (C=O) groups is 1. The number of benzene rings is 1. The molecule has 25 heavy (non-hydrogen) atoms. The van der Waals surface area contributed by atoms with Gasteiger partial charge in [-0.25, -0.2) is 8.42 Å². The summed E-state index contributed by atoms with van der Waals surface area (Å²) in [7, 11) is -2.23. The first-order chi connectivity index (χ1) is 11.8. The van der Waals surface area contributed by atoms with Gasteiger partial charge >= 0.3 is 0 Å². The van der Waals surface area contributed by atoms with Gasteiger partial charge in [-0.3, -0.25) is 4.79 Å². The number of piperazine rings is 1. The Morgan fingerprint density at radius 3 is 2.44 bits per heavy atom. The van der Waals surface area contributed by atoms with Gasteiger partial charge in [0.1, 0.15) is 5.75 Å². The monoisotopic (exact) mass is 369 g/mol. The van der Waals surface area contributed by atoms with Crippen LogP contribution < -0.4 is 9.46 Å². The number of carbonyl (C=O) groups excluding carboxylic acids is 1. The number of methoxy groups -OCH3 is 1. The third kappa shape index (κ3) is 4.71. The van der Waals surface area contributed by atoms with Crippen LogP contribution in [0.4, 0.5) is 0 Å². The Balaban J connectivity index is 2.04. The van der Waals surface area contributed by atoms with Crippen molar-refractivity contribution in [3.05, 3.63) is 23.8 Å². The summed E-state index contributed by atoms with van der Waals surface area (Å²) in [5.41, 5.74) is 0.722. The van der Waals surface area contributed by atoms with Crippen LogP contribution in [0.2, 0.25) is 0 Å². The highest BCUT2D eigenvalue weighted by Gasteiger charge is 2.28. The number of aryl methyl sites for hydroxylation is 1. The summed E-state index contributed by atoms with van der Waals surface area (Å²) in [6.45, 7) is 9.30. The van der Waals surface area contributed by atoms with E-state index in [4.69, 9.17) is 4.74 Å². The molecule has 8 heteroatoms. The largest absolute Gasteiger partial charge is 0.496 e. The van der Waals surface area contributed by atoms with Crippen LogP contribution in [0.1, 0.15) is 19.4 Å². The molecule has 1 amide bonds. The van der Waals surface area contributed by atoms with Gasteiger partial charge in [-0.15, -0.1) is 0 Å². The molecule has 7 nitrogen and oxygen atoms in total. The number of ether oxygens (including phenoxy) is 1. The van der Waals surface area contributed by atoms with Gasteiger partial charge in [-0.2, -0.15) is 4.72 Å². The topological polar surface area (TPSA) is 79.0 Å². The van der Waals surface area contributed by atoms with Gasteiger partial charge in [0.15, 0.2) is 0 Å².